The molecule has 1 rings (SSSR count). The Morgan fingerprint density at radius 2 is 1.50 bits per heavy atom. The number of aromatic nitrogens is 1. The third-order valence-corrected chi connectivity index (χ3v) is 4.45. The largest absolute Gasteiger partial charge is 1.00 e. The minimum atomic E-state index is -0.362. The monoisotopic (exact) mass is 381 g/mol. The zero-order chi connectivity index (χ0) is 18.3. The standard InChI is InChI=1S/C22H36NO2.ClH/c1-4-5-6-7-8-9-10-11-12-13-15-18-23-19-16-14-17-21(23)25-22(24)20(2)3;/h14,16-17,19H,2,4-13,15,18H2,1,3H3;1H/q+1;/p-1. The fraction of sp³-hybridized carbons (Fsp3) is 0.636. The summed E-state index contributed by atoms with van der Waals surface area (Å²) in [5, 5.41) is 0. The second kappa shape index (κ2) is 15.9. The van der Waals surface area contributed by atoms with E-state index in [4.69, 9.17) is 4.74 Å². The highest BCUT2D eigenvalue weighted by Gasteiger charge is 2.15. The Balaban J connectivity index is 0.00000625. The minimum Gasteiger partial charge on any atom is -1.00 e. The summed E-state index contributed by atoms with van der Waals surface area (Å²) in [5.74, 6) is 0.237. The van der Waals surface area contributed by atoms with Gasteiger partial charge in [-0.25, -0.2) is 4.79 Å². The van der Waals surface area contributed by atoms with E-state index in [2.05, 4.69) is 13.5 Å². The molecular formula is C22H36ClNO2. The Morgan fingerprint density at radius 1 is 0.962 bits per heavy atom. The third kappa shape index (κ3) is 11.3. The van der Waals surface area contributed by atoms with Crippen molar-refractivity contribution in [2.75, 3.05) is 0 Å². The van der Waals surface area contributed by atoms with E-state index in [0.29, 0.717) is 11.5 Å². The van der Waals surface area contributed by atoms with Crippen molar-refractivity contribution in [2.45, 2.75) is 91.0 Å². The van der Waals surface area contributed by atoms with Crippen LogP contribution in [0, 0.1) is 0 Å². The molecule has 0 aromatic carbocycles. The Morgan fingerprint density at radius 3 is 2.04 bits per heavy atom. The van der Waals surface area contributed by atoms with Gasteiger partial charge in [-0.1, -0.05) is 71.3 Å². The van der Waals surface area contributed by atoms with Gasteiger partial charge in [0.15, 0.2) is 12.7 Å². The molecule has 1 aromatic heterocycles. The molecule has 0 fully saturated rings. The van der Waals surface area contributed by atoms with Crippen LogP contribution in [0.1, 0.15) is 84.5 Å². The topological polar surface area (TPSA) is 30.2 Å². The molecule has 0 aliphatic heterocycles. The Hall–Kier alpha value is -1.35. The van der Waals surface area contributed by atoms with Gasteiger partial charge in [0.1, 0.15) is 0 Å². The van der Waals surface area contributed by atoms with Gasteiger partial charge in [-0.15, -0.1) is 0 Å². The lowest BCUT2D eigenvalue weighted by Crippen LogP contribution is -3.00. The number of rotatable bonds is 14. The maximum Gasteiger partial charge on any atom is 0.375 e. The molecule has 0 unspecified atom stereocenters. The molecule has 1 aromatic rings. The van der Waals surface area contributed by atoms with E-state index in [0.717, 1.165) is 13.0 Å². The molecule has 3 nitrogen and oxygen atoms in total. The summed E-state index contributed by atoms with van der Waals surface area (Å²) in [6.07, 6.45) is 16.6. The van der Waals surface area contributed by atoms with Crippen LogP contribution in [-0.2, 0) is 11.3 Å². The average Bonchev–Trinajstić information content (AvgIpc) is 2.60. The van der Waals surface area contributed by atoms with Crippen LogP contribution in [0.5, 0.6) is 5.88 Å². The molecule has 26 heavy (non-hydrogen) atoms. The molecule has 0 bridgehead atoms. The van der Waals surface area contributed by atoms with E-state index in [-0.39, 0.29) is 18.4 Å². The molecule has 0 amide bonds. The molecule has 0 spiro atoms. The van der Waals surface area contributed by atoms with Crippen molar-refractivity contribution in [1.82, 2.24) is 0 Å². The van der Waals surface area contributed by atoms with Gasteiger partial charge in [0.25, 0.3) is 0 Å². The van der Waals surface area contributed by atoms with Gasteiger partial charge in [0.2, 0.25) is 0 Å². The van der Waals surface area contributed by atoms with E-state index in [1.165, 1.54) is 64.2 Å². The fourth-order valence-electron chi connectivity index (χ4n) is 2.87. The van der Waals surface area contributed by atoms with Gasteiger partial charge in [0.05, 0.1) is 6.07 Å². The molecule has 148 valence electrons. The van der Waals surface area contributed by atoms with Crippen LogP contribution < -0.4 is 21.7 Å². The predicted octanol–water partition coefficient (Wildman–Crippen LogP) is 2.77. The van der Waals surface area contributed by atoms with Crippen molar-refractivity contribution in [3.63, 3.8) is 0 Å². The number of pyridine rings is 1. The van der Waals surface area contributed by atoms with Crippen molar-refractivity contribution in [3.8, 4) is 5.88 Å². The Kier molecular flexibility index (Phi) is 15.0. The molecule has 0 saturated heterocycles. The maximum absolute atomic E-state index is 11.7. The van der Waals surface area contributed by atoms with Gasteiger partial charge in [-0.2, -0.15) is 4.57 Å². The summed E-state index contributed by atoms with van der Waals surface area (Å²) in [4.78, 5) is 11.7. The Bertz CT molecular complexity index is 517. The van der Waals surface area contributed by atoms with Crippen LogP contribution >= 0.6 is 0 Å². The quantitative estimate of drug-likeness (QED) is 0.215. The summed E-state index contributed by atoms with van der Waals surface area (Å²) >= 11 is 0. The number of carbonyl (C=O) groups excluding carboxylic acids is 1. The van der Waals surface area contributed by atoms with E-state index in [1.807, 2.05) is 29.0 Å². The number of hydrogen-bond donors (Lipinski definition) is 0. The first-order valence-electron chi connectivity index (χ1n) is 10.0. The summed E-state index contributed by atoms with van der Waals surface area (Å²) in [6, 6.07) is 5.69. The van der Waals surface area contributed by atoms with E-state index < -0.39 is 0 Å². The van der Waals surface area contributed by atoms with Crippen LogP contribution in [-0.4, -0.2) is 5.97 Å². The smallest absolute Gasteiger partial charge is 0.375 e. The summed E-state index contributed by atoms with van der Waals surface area (Å²) in [7, 11) is 0. The van der Waals surface area contributed by atoms with Gasteiger partial charge < -0.3 is 17.1 Å². The van der Waals surface area contributed by atoms with E-state index in [1.54, 1.807) is 6.92 Å². The second-order valence-corrected chi connectivity index (χ2v) is 6.94. The maximum atomic E-state index is 11.7. The Labute approximate surface area is 166 Å². The first-order chi connectivity index (χ1) is 12.1. The molecule has 1 heterocycles. The highest BCUT2D eigenvalue weighted by atomic mass is 35.5. The summed E-state index contributed by atoms with van der Waals surface area (Å²) in [5.41, 5.74) is 0.421. The number of nitrogens with zero attached hydrogens (tertiary/aromatic N) is 1. The van der Waals surface area contributed by atoms with Crippen molar-refractivity contribution < 1.29 is 26.5 Å². The van der Waals surface area contributed by atoms with Crippen molar-refractivity contribution >= 4 is 5.97 Å². The molecular weight excluding hydrogens is 346 g/mol. The minimum absolute atomic E-state index is 0. The number of hydrogen-bond acceptors (Lipinski definition) is 2. The lowest BCUT2D eigenvalue weighted by Gasteiger charge is -2.05. The molecule has 0 aliphatic rings. The van der Waals surface area contributed by atoms with Crippen LogP contribution in [0.25, 0.3) is 0 Å². The van der Waals surface area contributed by atoms with Crippen LogP contribution in [0.2, 0.25) is 0 Å². The van der Waals surface area contributed by atoms with Gasteiger partial charge >= 0.3 is 11.8 Å². The van der Waals surface area contributed by atoms with Crippen LogP contribution in [0.4, 0.5) is 0 Å². The zero-order valence-electron chi connectivity index (χ0n) is 16.6. The first kappa shape index (κ1) is 24.7. The van der Waals surface area contributed by atoms with Crippen LogP contribution in [0.3, 0.4) is 0 Å². The summed E-state index contributed by atoms with van der Waals surface area (Å²) in [6.45, 7) is 8.45. The van der Waals surface area contributed by atoms with Gasteiger partial charge in [-0.3, -0.25) is 0 Å². The van der Waals surface area contributed by atoms with E-state index in [9.17, 15) is 4.79 Å². The normalized spacial score (nSPS) is 10.2. The predicted molar refractivity (Wildman–Crippen MR) is 104 cm³/mol. The number of aryl methyl sites for hydroxylation is 1. The summed E-state index contributed by atoms with van der Waals surface area (Å²) < 4.78 is 7.39. The number of unbranched alkanes of at least 4 members (excludes halogenated alkanes) is 10. The average molecular weight is 382 g/mol. The molecule has 0 saturated carbocycles. The van der Waals surface area contributed by atoms with Crippen molar-refractivity contribution in [3.05, 3.63) is 36.5 Å². The second-order valence-electron chi connectivity index (χ2n) is 6.94. The highest BCUT2D eigenvalue weighted by molar-refractivity contribution is 5.88. The first-order valence-corrected chi connectivity index (χ1v) is 10.0. The lowest BCUT2D eigenvalue weighted by molar-refractivity contribution is -0.700. The zero-order valence-corrected chi connectivity index (χ0v) is 17.4. The number of esters is 1. The molecule has 0 radical (unpaired) electrons. The third-order valence-electron chi connectivity index (χ3n) is 4.45. The van der Waals surface area contributed by atoms with Gasteiger partial charge in [-0.05, 0) is 19.4 Å². The highest BCUT2D eigenvalue weighted by Crippen LogP contribution is 2.12. The lowest BCUT2D eigenvalue weighted by atomic mass is 10.1. The van der Waals surface area contributed by atoms with Gasteiger partial charge in [0, 0.05) is 18.1 Å². The van der Waals surface area contributed by atoms with Crippen molar-refractivity contribution in [2.24, 2.45) is 0 Å². The fourth-order valence-corrected chi connectivity index (χ4v) is 2.87. The number of ether oxygens (including phenoxy) is 1. The number of halogens is 1. The SMILES string of the molecule is C=C(C)C(=O)Oc1cccc[n+]1CCCCCCCCCCCCC.[Cl-]. The molecule has 0 N–H and O–H groups in total. The molecule has 0 aliphatic carbocycles. The van der Waals surface area contributed by atoms with Crippen LogP contribution in [0.15, 0.2) is 36.5 Å². The molecule has 0 atom stereocenters. The van der Waals surface area contributed by atoms with Crippen molar-refractivity contribution in [1.29, 1.82) is 0 Å². The van der Waals surface area contributed by atoms with E-state index >= 15 is 0 Å². The number of carbonyl (C=O) groups is 1. The molecule has 4 heteroatoms.